The highest BCUT2D eigenvalue weighted by molar-refractivity contribution is 7.88. The van der Waals surface area contributed by atoms with Crippen LogP contribution in [0.15, 0.2) is 17.3 Å². The second-order valence-electron chi connectivity index (χ2n) is 5.05. The molecule has 8 nitrogen and oxygen atoms in total. The second kappa shape index (κ2) is 5.94. The molecule has 0 spiro atoms. The molecule has 9 heteroatoms. The molecule has 0 aliphatic carbocycles. The Bertz CT molecular complexity index is 689. The molecule has 2 rings (SSSR count). The summed E-state index contributed by atoms with van der Waals surface area (Å²) < 4.78 is 25.4. The van der Waals surface area contributed by atoms with E-state index in [2.05, 4.69) is 4.98 Å². The monoisotopic (exact) mass is 314 g/mol. The van der Waals surface area contributed by atoms with Crippen molar-refractivity contribution in [2.45, 2.75) is 13.5 Å². The molecule has 0 atom stereocenters. The van der Waals surface area contributed by atoms with E-state index >= 15 is 0 Å². The third-order valence-electron chi connectivity index (χ3n) is 3.44. The van der Waals surface area contributed by atoms with E-state index in [1.165, 1.54) is 21.4 Å². The third-order valence-corrected chi connectivity index (χ3v) is 4.74. The van der Waals surface area contributed by atoms with Crippen molar-refractivity contribution in [2.75, 3.05) is 32.4 Å². The zero-order valence-electron chi connectivity index (χ0n) is 12.0. The summed E-state index contributed by atoms with van der Waals surface area (Å²) >= 11 is 0. The number of aromatic nitrogens is 2. The van der Waals surface area contributed by atoms with Crippen LogP contribution in [0.4, 0.5) is 0 Å². The van der Waals surface area contributed by atoms with Crippen molar-refractivity contribution in [3.05, 3.63) is 28.4 Å². The Labute approximate surface area is 123 Å². The standard InChI is InChI=1S/C12H18N4O4S/c1-10-7-13-9-15(12(10)18)8-11(17)14-3-5-16(6-4-14)21(2,19)20/h7,9H,3-6,8H2,1-2H3. The van der Waals surface area contributed by atoms with Crippen LogP contribution in [0.1, 0.15) is 5.56 Å². The number of hydrogen-bond donors (Lipinski definition) is 0. The SMILES string of the molecule is Cc1cncn(CC(=O)N2CCN(S(C)(=O)=O)CC2)c1=O. The van der Waals surface area contributed by atoms with Gasteiger partial charge in [0.1, 0.15) is 6.54 Å². The van der Waals surface area contributed by atoms with Gasteiger partial charge in [-0.1, -0.05) is 0 Å². The number of amides is 1. The number of aryl methyl sites for hydroxylation is 1. The van der Waals surface area contributed by atoms with Gasteiger partial charge in [0.05, 0.1) is 12.6 Å². The quantitative estimate of drug-likeness (QED) is 0.688. The smallest absolute Gasteiger partial charge is 0.256 e. The van der Waals surface area contributed by atoms with E-state index in [1.54, 1.807) is 11.8 Å². The van der Waals surface area contributed by atoms with Gasteiger partial charge in [0, 0.05) is 37.9 Å². The fourth-order valence-electron chi connectivity index (χ4n) is 2.19. The van der Waals surface area contributed by atoms with Gasteiger partial charge in [-0.15, -0.1) is 0 Å². The Morgan fingerprint density at radius 3 is 2.48 bits per heavy atom. The van der Waals surface area contributed by atoms with Crippen LogP contribution < -0.4 is 5.56 Å². The molecule has 1 aromatic rings. The van der Waals surface area contributed by atoms with E-state index < -0.39 is 10.0 Å². The summed E-state index contributed by atoms with van der Waals surface area (Å²) in [5.74, 6) is -0.211. The summed E-state index contributed by atoms with van der Waals surface area (Å²) in [5.41, 5.74) is 0.236. The van der Waals surface area contributed by atoms with Crippen LogP contribution in [-0.4, -0.2) is 65.5 Å². The molecule has 0 N–H and O–H groups in total. The molecule has 21 heavy (non-hydrogen) atoms. The van der Waals surface area contributed by atoms with Crippen LogP contribution in [0.3, 0.4) is 0 Å². The molecule has 1 aliphatic rings. The van der Waals surface area contributed by atoms with Crippen LogP contribution >= 0.6 is 0 Å². The predicted molar refractivity (Wildman–Crippen MR) is 76.2 cm³/mol. The van der Waals surface area contributed by atoms with Gasteiger partial charge in [0.25, 0.3) is 5.56 Å². The lowest BCUT2D eigenvalue weighted by atomic mass is 10.3. The number of nitrogens with zero attached hydrogens (tertiary/aromatic N) is 4. The Morgan fingerprint density at radius 2 is 1.90 bits per heavy atom. The van der Waals surface area contributed by atoms with E-state index in [0.717, 1.165) is 6.26 Å². The van der Waals surface area contributed by atoms with Crippen LogP contribution in [-0.2, 0) is 21.4 Å². The van der Waals surface area contributed by atoms with Crippen molar-refractivity contribution >= 4 is 15.9 Å². The largest absolute Gasteiger partial charge is 0.338 e. The first kappa shape index (κ1) is 15.6. The summed E-state index contributed by atoms with van der Waals surface area (Å²) in [6.45, 7) is 2.80. The van der Waals surface area contributed by atoms with Crippen molar-refractivity contribution in [1.82, 2.24) is 18.8 Å². The van der Waals surface area contributed by atoms with Gasteiger partial charge in [-0.25, -0.2) is 13.4 Å². The molecule has 1 aliphatic heterocycles. The molecule has 1 fully saturated rings. The Hall–Kier alpha value is -1.74. The number of piperazine rings is 1. The molecule has 116 valence electrons. The summed E-state index contributed by atoms with van der Waals surface area (Å²) in [6, 6.07) is 0. The molecule has 0 aromatic carbocycles. The summed E-state index contributed by atoms with van der Waals surface area (Å²) in [7, 11) is -3.22. The van der Waals surface area contributed by atoms with Crippen LogP contribution in [0.2, 0.25) is 0 Å². The third kappa shape index (κ3) is 3.67. The molecule has 1 aromatic heterocycles. The molecule has 0 unspecified atom stereocenters. The lowest BCUT2D eigenvalue weighted by molar-refractivity contribution is -0.133. The molecule has 2 heterocycles. The van der Waals surface area contributed by atoms with Gasteiger partial charge >= 0.3 is 0 Å². The van der Waals surface area contributed by atoms with Crippen LogP contribution in [0.5, 0.6) is 0 Å². The van der Waals surface area contributed by atoms with E-state index in [1.807, 2.05) is 0 Å². The highest BCUT2D eigenvalue weighted by Crippen LogP contribution is 2.06. The minimum absolute atomic E-state index is 0.0770. The Kier molecular flexibility index (Phi) is 4.43. The summed E-state index contributed by atoms with van der Waals surface area (Å²) in [4.78, 5) is 29.5. The normalized spacial score (nSPS) is 17.0. The van der Waals surface area contributed by atoms with E-state index in [9.17, 15) is 18.0 Å². The molecule has 1 amide bonds. The number of carbonyl (C=O) groups excluding carboxylic acids is 1. The molecule has 0 saturated carbocycles. The molecule has 1 saturated heterocycles. The second-order valence-corrected chi connectivity index (χ2v) is 7.03. The van der Waals surface area contributed by atoms with Gasteiger partial charge in [-0.05, 0) is 6.92 Å². The van der Waals surface area contributed by atoms with Gasteiger partial charge in [-0.2, -0.15) is 4.31 Å². The topological polar surface area (TPSA) is 92.6 Å². The molecule has 0 bridgehead atoms. The van der Waals surface area contributed by atoms with E-state index in [4.69, 9.17) is 0 Å². The average Bonchev–Trinajstić information content (AvgIpc) is 2.43. The lowest BCUT2D eigenvalue weighted by Crippen LogP contribution is -2.51. The number of sulfonamides is 1. The highest BCUT2D eigenvalue weighted by Gasteiger charge is 2.26. The maximum absolute atomic E-state index is 12.2. The van der Waals surface area contributed by atoms with Gasteiger partial charge < -0.3 is 4.90 Å². The average molecular weight is 314 g/mol. The lowest BCUT2D eigenvalue weighted by Gasteiger charge is -2.33. The minimum Gasteiger partial charge on any atom is -0.338 e. The minimum atomic E-state index is -3.22. The predicted octanol–water partition coefficient (Wildman–Crippen LogP) is -1.34. The molecular formula is C12H18N4O4S. The Balaban J connectivity index is 2.00. The van der Waals surface area contributed by atoms with Crippen molar-refractivity contribution in [1.29, 1.82) is 0 Å². The fraction of sp³-hybridized carbons (Fsp3) is 0.583. The maximum Gasteiger partial charge on any atom is 0.256 e. The Morgan fingerprint density at radius 1 is 1.29 bits per heavy atom. The summed E-state index contributed by atoms with van der Waals surface area (Å²) in [6.07, 6.45) is 3.94. The molecule has 0 radical (unpaired) electrons. The van der Waals surface area contributed by atoms with Gasteiger partial charge in [0.15, 0.2) is 0 Å². The first-order valence-electron chi connectivity index (χ1n) is 6.53. The van der Waals surface area contributed by atoms with Gasteiger partial charge in [-0.3, -0.25) is 14.2 Å². The molecular weight excluding hydrogens is 296 g/mol. The van der Waals surface area contributed by atoms with E-state index in [0.29, 0.717) is 18.7 Å². The highest BCUT2D eigenvalue weighted by atomic mass is 32.2. The number of carbonyl (C=O) groups is 1. The zero-order chi connectivity index (χ0) is 15.6. The first-order valence-corrected chi connectivity index (χ1v) is 8.38. The number of hydrogen-bond acceptors (Lipinski definition) is 5. The van der Waals surface area contributed by atoms with Crippen molar-refractivity contribution in [3.8, 4) is 0 Å². The fourth-order valence-corrected chi connectivity index (χ4v) is 3.01. The van der Waals surface area contributed by atoms with Crippen LogP contribution in [0.25, 0.3) is 0 Å². The summed E-state index contributed by atoms with van der Waals surface area (Å²) in [5, 5.41) is 0. The first-order chi connectivity index (χ1) is 9.79. The van der Waals surface area contributed by atoms with Crippen molar-refractivity contribution in [2.24, 2.45) is 0 Å². The van der Waals surface area contributed by atoms with E-state index in [-0.39, 0.29) is 31.1 Å². The van der Waals surface area contributed by atoms with Crippen molar-refractivity contribution in [3.63, 3.8) is 0 Å². The number of rotatable bonds is 3. The van der Waals surface area contributed by atoms with Crippen molar-refractivity contribution < 1.29 is 13.2 Å². The van der Waals surface area contributed by atoms with Crippen LogP contribution in [0, 0.1) is 6.92 Å². The maximum atomic E-state index is 12.2. The van der Waals surface area contributed by atoms with Gasteiger partial charge in [0.2, 0.25) is 15.9 Å². The zero-order valence-corrected chi connectivity index (χ0v) is 12.8.